The molecular weight excluding hydrogens is 428 g/mol. The molecule has 0 fully saturated rings. The first-order valence-electron chi connectivity index (χ1n) is 6.67. The van der Waals surface area contributed by atoms with Gasteiger partial charge in [-0.25, -0.2) is 4.39 Å². The summed E-state index contributed by atoms with van der Waals surface area (Å²) < 4.78 is 19.4. The van der Waals surface area contributed by atoms with Gasteiger partial charge in [0.15, 0.2) is 16.7 Å². The predicted octanol–water partition coefficient (Wildman–Crippen LogP) is 4.02. The Morgan fingerprint density at radius 3 is 2.74 bits per heavy atom. The maximum atomic E-state index is 13.9. The Balaban J connectivity index is 2.01. The Bertz CT molecular complexity index is 723. The third-order valence-corrected chi connectivity index (χ3v) is 4.56. The number of nitrogens with zero attached hydrogens (tertiary/aromatic N) is 2. The molecule has 0 atom stereocenters. The Morgan fingerprint density at radius 2 is 2.04 bits per heavy atom. The van der Waals surface area contributed by atoms with E-state index < -0.39 is 5.82 Å². The highest BCUT2D eigenvalue weighted by atomic mass is 127. The lowest BCUT2D eigenvalue weighted by Crippen LogP contribution is -2.06. The smallest absolute Gasteiger partial charge is 0.180 e. The quantitative estimate of drug-likeness (QED) is 0.329. The second kappa shape index (κ2) is 8.88. The Morgan fingerprint density at radius 1 is 1.30 bits per heavy atom. The zero-order valence-corrected chi connectivity index (χ0v) is 15.3. The topological polar surface area (TPSA) is 60.0 Å². The first-order chi connectivity index (χ1) is 11.1. The van der Waals surface area contributed by atoms with Crippen LogP contribution in [0.1, 0.15) is 11.1 Å². The van der Waals surface area contributed by atoms with E-state index in [4.69, 9.17) is 10.5 Å². The fourth-order valence-corrected chi connectivity index (χ4v) is 2.80. The highest BCUT2D eigenvalue weighted by molar-refractivity contribution is 14.1. The van der Waals surface area contributed by atoms with E-state index >= 15 is 0 Å². The van der Waals surface area contributed by atoms with Crippen LogP contribution in [0.25, 0.3) is 0 Å². The van der Waals surface area contributed by atoms with Crippen molar-refractivity contribution in [3.63, 3.8) is 0 Å². The van der Waals surface area contributed by atoms with E-state index in [0.717, 1.165) is 5.56 Å². The fourth-order valence-electron chi connectivity index (χ4n) is 1.76. The largest absolute Gasteiger partial charge is 0.493 e. The van der Waals surface area contributed by atoms with Gasteiger partial charge in [0.25, 0.3) is 0 Å². The van der Waals surface area contributed by atoms with E-state index in [0.29, 0.717) is 20.1 Å². The van der Waals surface area contributed by atoms with Gasteiger partial charge < -0.3 is 10.5 Å². The molecular formula is C16H15FIN3OS. The van der Waals surface area contributed by atoms with Crippen LogP contribution < -0.4 is 10.5 Å². The average Bonchev–Trinajstić information content (AvgIpc) is 2.57. The summed E-state index contributed by atoms with van der Waals surface area (Å²) in [6.07, 6.45) is 1.42. The van der Waals surface area contributed by atoms with Crippen molar-refractivity contribution in [1.29, 1.82) is 0 Å². The van der Waals surface area contributed by atoms with Gasteiger partial charge in [-0.2, -0.15) is 5.10 Å². The Hall–Kier alpha value is -1.61. The summed E-state index contributed by atoms with van der Waals surface area (Å²) in [7, 11) is 1.42. The van der Waals surface area contributed by atoms with Gasteiger partial charge in [0.1, 0.15) is 0 Å². The number of hydrogen-bond acceptors (Lipinski definition) is 4. The van der Waals surface area contributed by atoms with E-state index in [1.807, 2.05) is 52.9 Å². The molecule has 2 aromatic rings. The van der Waals surface area contributed by atoms with Crippen molar-refractivity contribution in [2.45, 2.75) is 5.75 Å². The van der Waals surface area contributed by atoms with E-state index in [1.54, 1.807) is 12.1 Å². The van der Waals surface area contributed by atoms with E-state index in [9.17, 15) is 4.39 Å². The van der Waals surface area contributed by atoms with E-state index in [-0.39, 0.29) is 5.75 Å². The number of benzene rings is 2. The molecule has 0 aromatic heterocycles. The summed E-state index contributed by atoms with van der Waals surface area (Å²) in [5, 5.41) is 8.15. The van der Waals surface area contributed by atoms with Gasteiger partial charge in [-0.3, -0.25) is 0 Å². The van der Waals surface area contributed by atoms with Crippen LogP contribution in [0.2, 0.25) is 0 Å². The van der Waals surface area contributed by atoms with Gasteiger partial charge in [0, 0.05) is 11.3 Å². The highest BCUT2D eigenvalue weighted by Gasteiger charge is 2.11. The number of hydrogen-bond donors (Lipinski definition) is 1. The summed E-state index contributed by atoms with van der Waals surface area (Å²) in [5.74, 6) is 0.450. The third-order valence-electron chi connectivity index (χ3n) is 2.87. The van der Waals surface area contributed by atoms with E-state index in [1.165, 1.54) is 25.1 Å². The van der Waals surface area contributed by atoms with Crippen LogP contribution in [0.15, 0.2) is 52.7 Å². The summed E-state index contributed by atoms with van der Waals surface area (Å²) in [4.78, 5) is 0. The number of amidine groups is 1. The first-order valence-corrected chi connectivity index (χ1v) is 8.73. The van der Waals surface area contributed by atoms with Gasteiger partial charge in [0.2, 0.25) is 0 Å². The van der Waals surface area contributed by atoms with Crippen molar-refractivity contribution >= 4 is 45.7 Å². The van der Waals surface area contributed by atoms with Crippen molar-refractivity contribution in [3.8, 4) is 5.75 Å². The zero-order chi connectivity index (χ0) is 16.7. The maximum absolute atomic E-state index is 13.9. The van der Waals surface area contributed by atoms with Crippen LogP contribution in [0.4, 0.5) is 4.39 Å². The lowest BCUT2D eigenvalue weighted by molar-refractivity contribution is 0.384. The van der Waals surface area contributed by atoms with Gasteiger partial charge in [0.05, 0.1) is 16.9 Å². The van der Waals surface area contributed by atoms with Gasteiger partial charge in [-0.05, 0) is 40.3 Å². The monoisotopic (exact) mass is 443 g/mol. The normalized spacial score (nSPS) is 11.9. The molecule has 2 N–H and O–H groups in total. The second-order valence-electron chi connectivity index (χ2n) is 4.44. The molecule has 0 unspecified atom stereocenters. The number of rotatable bonds is 5. The Labute approximate surface area is 152 Å². The molecule has 0 aliphatic carbocycles. The standard InChI is InChI=1S/C16H15FIN3OS/c1-22-15-12(7-8-13(18)14(15)17)9-20-21-16(19)23-10-11-5-3-2-4-6-11/h2-9H,10H2,1H3,(H2,19,21). The van der Waals surface area contributed by atoms with Gasteiger partial charge in [-0.15, -0.1) is 5.10 Å². The van der Waals surface area contributed by atoms with Crippen LogP contribution in [-0.4, -0.2) is 18.5 Å². The average molecular weight is 443 g/mol. The van der Waals surface area contributed by atoms with Crippen molar-refractivity contribution in [2.24, 2.45) is 15.9 Å². The molecule has 120 valence electrons. The molecule has 23 heavy (non-hydrogen) atoms. The molecule has 0 saturated heterocycles. The summed E-state index contributed by atoms with van der Waals surface area (Å²) >= 11 is 3.29. The lowest BCUT2D eigenvalue weighted by atomic mass is 10.2. The van der Waals surface area contributed by atoms with Crippen LogP contribution >= 0.6 is 34.4 Å². The minimum atomic E-state index is -0.410. The molecule has 0 heterocycles. The van der Waals surface area contributed by atoms with Crippen molar-refractivity contribution in [3.05, 3.63) is 63.0 Å². The minimum absolute atomic E-state index is 0.145. The molecule has 7 heteroatoms. The molecule has 0 bridgehead atoms. The summed E-state index contributed by atoms with van der Waals surface area (Å²) in [5.41, 5.74) is 7.47. The molecule has 0 saturated carbocycles. The van der Waals surface area contributed by atoms with Gasteiger partial charge >= 0.3 is 0 Å². The SMILES string of the molecule is COc1c(C=NN=C(N)SCc2ccccc2)ccc(I)c1F. The molecule has 0 radical (unpaired) electrons. The lowest BCUT2D eigenvalue weighted by Gasteiger charge is -2.06. The molecule has 0 spiro atoms. The van der Waals surface area contributed by atoms with Gasteiger partial charge in [-0.1, -0.05) is 42.1 Å². The molecule has 2 aromatic carbocycles. The highest BCUT2D eigenvalue weighted by Crippen LogP contribution is 2.25. The van der Waals surface area contributed by atoms with Crippen LogP contribution in [0, 0.1) is 9.39 Å². The van der Waals surface area contributed by atoms with Crippen molar-refractivity contribution < 1.29 is 9.13 Å². The third kappa shape index (κ3) is 5.21. The maximum Gasteiger partial charge on any atom is 0.180 e. The number of halogens is 2. The number of ether oxygens (including phenoxy) is 1. The molecule has 0 aliphatic heterocycles. The summed E-state index contributed by atoms with van der Waals surface area (Å²) in [6, 6.07) is 13.3. The molecule has 4 nitrogen and oxygen atoms in total. The number of nitrogens with two attached hydrogens (primary N) is 1. The number of methoxy groups -OCH3 is 1. The predicted molar refractivity (Wildman–Crippen MR) is 103 cm³/mol. The minimum Gasteiger partial charge on any atom is -0.493 e. The number of thioether (sulfide) groups is 1. The second-order valence-corrected chi connectivity index (χ2v) is 6.60. The fraction of sp³-hybridized carbons (Fsp3) is 0.125. The summed E-state index contributed by atoms with van der Waals surface area (Å²) in [6.45, 7) is 0. The Kier molecular flexibility index (Phi) is 6.85. The zero-order valence-electron chi connectivity index (χ0n) is 12.4. The van der Waals surface area contributed by atoms with E-state index in [2.05, 4.69) is 10.2 Å². The van der Waals surface area contributed by atoms with Crippen molar-refractivity contribution in [1.82, 2.24) is 0 Å². The molecule has 0 amide bonds. The van der Waals surface area contributed by atoms with Crippen LogP contribution in [0.5, 0.6) is 5.75 Å². The van der Waals surface area contributed by atoms with Crippen LogP contribution in [-0.2, 0) is 5.75 Å². The van der Waals surface area contributed by atoms with Crippen molar-refractivity contribution in [2.75, 3.05) is 7.11 Å². The molecule has 2 rings (SSSR count). The molecule has 0 aliphatic rings. The van der Waals surface area contributed by atoms with Crippen LogP contribution in [0.3, 0.4) is 0 Å². The first kappa shape index (κ1) is 17.7.